The van der Waals surface area contributed by atoms with E-state index in [-0.39, 0.29) is 25.8 Å². The summed E-state index contributed by atoms with van der Waals surface area (Å²) in [4.78, 5) is 11.5. The standard InChI is InChI=1S/C14H18F3NO4S/c1-18(13(19)14(15,16)17)10-6-5-9-12(23(20,21)22)11-7-3-2-4-8-11/h2-4,7-8,12H,5-6,9-10H2,1H3,(H,20,21,22)/p-1. The third kappa shape index (κ3) is 6.19. The number of alkyl halides is 3. The number of rotatable bonds is 7. The van der Waals surface area contributed by atoms with Crippen LogP contribution in [0.25, 0.3) is 0 Å². The van der Waals surface area contributed by atoms with Crippen LogP contribution in [0.5, 0.6) is 0 Å². The van der Waals surface area contributed by atoms with E-state index in [1.807, 2.05) is 0 Å². The number of nitrogens with zero attached hydrogens (tertiary/aromatic N) is 1. The van der Waals surface area contributed by atoms with Crippen LogP contribution in [0.3, 0.4) is 0 Å². The van der Waals surface area contributed by atoms with Gasteiger partial charge < -0.3 is 9.45 Å². The van der Waals surface area contributed by atoms with Crippen molar-refractivity contribution in [2.75, 3.05) is 13.6 Å². The molecule has 1 rings (SSSR count). The SMILES string of the molecule is CN(CCCCC(c1ccccc1)S(=O)(=O)[O-])C(=O)C(F)(F)F. The Morgan fingerprint density at radius 2 is 1.78 bits per heavy atom. The monoisotopic (exact) mass is 352 g/mol. The molecule has 0 aliphatic heterocycles. The molecule has 0 aromatic heterocycles. The van der Waals surface area contributed by atoms with Gasteiger partial charge in [0.1, 0.15) is 10.1 Å². The number of carbonyl (C=O) groups excluding carboxylic acids is 1. The van der Waals surface area contributed by atoms with Crippen LogP contribution in [0, 0.1) is 0 Å². The minimum Gasteiger partial charge on any atom is -0.747 e. The Balaban J connectivity index is 2.57. The summed E-state index contributed by atoms with van der Waals surface area (Å²) in [5.41, 5.74) is 0.349. The number of benzene rings is 1. The van der Waals surface area contributed by atoms with E-state index in [4.69, 9.17) is 0 Å². The van der Waals surface area contributed by atoms with E-state index in [1.54, 1.807) is 18.2 Å². The quantitative estimate of drug-likeness (QED) is 0.558. The maximum Gasteiger partial charge on any atom is 0.471 e. The first kappa shape index (κ1) is 19.4. The second-order valence-corrected chi connectivity index (χ2v) is 6.67. The van der Waals surface area contributed by atoms with Crippen LogP contribution in [-0.4, -0.2) is 43.5 Å². The highest BCUT2D eigenvalue weighted by Crippen LogP contribution is 2.27. The van der Waals surface area contributed by atoms with Gasteiger partial charge in [-0.15, -0.1) is 0 Å². The first-order valence-electron chi connectivity index (χ1n) is 6.85. The van der Waals surface area contributed by atoms with Gasteiger partial charge in [0.15, 0.2) is 0 Å². The molecule has 1 aromatic rings. The highest BCUT2D eigenvalue weighted by molar-refractivity contribution is 7.86. The van der Waals surface area contributed by atoms with E-state index >= 15 is 0 Å². The molecule has 1 atom stereocenters. The fourth-order valence-electron chi connectivity index (χ4n) is 2.14. The average Bonchev–Trinajstić information content (AvgIpc) is 2.44. The van der Waals surface area contributed by atoms with Crippen molar-refractivity contribution in [3.63, 3.8) is 0 Å². The normalized spacial score (nSPS) is 13.6. The van der Waals surface area contributed by atoms with E-state index in [2.05, 4.69) is 0 Å². The number of amides is 1. The van der Waals surface area contributed by atoms with Crippen LogP contribution in [0.2, 0.25) is 0 Å². The Morgan fingerprint density at radius 1 is 1.22 bits per heavy atom. The Labute approximate surface area is 132 Å². The van der Waals surface area contributed by atoms with Crippen LogP contribution in [-0.2, 0) is 14.9 Å². The summed E-state index contributed by atoms with van der Waals surface area (Å²) in [6.07, 6.45) is -4.57. The van der Waals surface area contributed by atoms with Gasteiger partial charge in [0.05, 0.1) is 5.25 Å². The summed E-state index contributed by atoms with van der Waals surface area (Å²) in [6.45, 7) is -0.168. The molecule has 1 aromatic carbocycles. The summed E-state index contributed by atoms with van der Waals surface area (Å²) in [5, 5.41) is -1.24. The Kier molecular flexibility index (Phi) is 6.57. The molecule has 5 nitrogen and oxygen atoms in total. The minimum absolute atomic E-state index is 0.0100. The molecule has 0 spiro atoms. The third-order valence-electron chi connectivity index (χ3n) is 3.32. The van der Waals surface area contributed by atoms with Gasteiger partial charge in [0.2, 0.25) is 0 Å². The largest absolute Gasteiger partial charge is 0.747 e. The minimum atomic E-state index is -4.93. The zero-order chi connectivity index (χ0) is 17.7. The van der Waals surface area contributed by atoms with Gasteiger partial charge in [0.25, 0.3) is 0 Å². The fraction of sp³-hybridized carbons (Fsp3) is 0.500. The van der Waals surface area contributed by atoms with Crippen molar-refractivity contribution >= 4 is 16.0 Å². The zero-order valence-corrected chi connectivity index (χ0v) is 13.2. The predicted molar refractivity (Wildman–Crippen MR) is 76.4 cm³/mol. The molecule has 0 saturated heterocycles. The molecule has 0 heterocycles. The summed E-state index contributed by atoms with van der Waals surface area (Å²) >= 11 is 0. The van der Waals surface area contributed by atoms with Crippen molar-refractivity contribution in [3.05, 3.63) is 35.9 Å². The summed E-state index contributed by atoms with van der Waals surface area (Å²) in [5.74, 6) is -1.95. The second-order valence-electron chi connectivity index (χ2n) is 5.11. The molecule has 0 aliphatic rings. The first-order valence-corrected chi connectivity index (χ1v) is 8.32. The van der Waals surface area contributed by atoms with Crippen molar-refractivity contribution < 1.29 is 30.9 Å². The predicted octanol–water partition coefficient (Wildman–Crippen LogP) is 2.46. The molecular formula is C14H17F3NO4S-. The van der Waals surface area contributed by atoms with E-state index in [0.717, 1.165) is 7.05 Å². The maximum atomic E-state index is 12.2. The molecule has 9 heteroatoms. The van der Waals surface area contributed by atoms with Crippen LogP contribution >= 0.6 is 0 Å². The maximum absolute atomic E-state index is 12.2. The molecule has 0 radical (unpaired) electrons. The van der Waals surface area contributed by atoms with E-state index in [1.165, 1.54) is 12.1 Å². The van der Waals surface area contributed by atoms with Crippen LogP contribution < -0.4 is 0 Å². The molecule has 1 unspecified atom stereocenters. The highest BCUT2D eigenvalue weighted by atomic mass is 32.2. The lowest BCUT2D eigenvalue weighted by atomic mass is 10.1. The Morgan fingerprint density at radius 3 is 2.26 bits per heavy atom. The summed E-state index contributed by atoms with van der Waals surface area (Å²) in [6, 6.07) is 7.90. The molecule has 0 N–H and O–H groups in total. The van der Waals surface area contributed by atoms with Gasteiger partial charge in [0, 0.05) is 13.6 Å². The van der Waals surface area contributed by atoms with E-state index < -0.39 is 27.5 Å². The Bertz CT molecular complexity index is 617. The molecular weight excluding hydrogens is 335 g/mol. The number of unbranched alkanes of at least 4 members (excludes halogenated alkanes) is 1. The molecule has 0 fully saturated rings. The number of hydrogen-bond acceptors (Lipinski definition) is 4. The second kappa shape index (κ2) is 7.78. The lowest BCUT2D eigenvalue weighted by molar-refractivity contribution is -0.184. The molecule has 0 aliphatic carbocycles. The van der Waals surface area contributed by atoms with Crippen molar-refractivity contribution in [1.82, 2.24) is 4.90 Å². The third-order valence-corrected chi connectivity index (χ3v) is 4.52. The van der Waals surface area contributed by atoms with Gasteiger partial charge in [-0.2, -0.15) is 13.2 Å². The smallest absolute Gasteiger partial charge is 0.471 e. The van der Waals surface area contributed by atoms with Crippen molar-refractivity contribution in [2.45, 2.75) is 30.7 Å². The van der Waals surface area contributed by atoms with Crippen molar-refractivity contribution in [2.24, 2.45) is 0 Å². The van der Waals surface area contributed by atoms with Crippen molar-refractivity contribution in [3.8, 4) is 0 Å². The highest BCUT2D eigenvalue weighted by Gasteiger charge is 2.40. The molecule has 0 saturated carbocycles. The average molecular weight is 352 g/mol. The molecule has 23 heavy (non-hydrogen) atoms. The van der Waals surface area contributed by atoms with Crippen LogP contribution in [0.1, 0.15) is 30.1 Å². The van der Waals surface area contributed by atoms with Gasteiger partial charge in [-0.3, -0.25) is 4.79 Å². The summed E-state index contributed by atoms with van der Waals surface area (Å²) < 4.78 is 70.6. The molecule has 130 valence electrons. The molecule has 0 bridgehead atoms. The lowest BCUT2D eigenvalue weighted by Gasteiger charge is -2.22. The van der Waals surface area contributed by atoms with Gasteiger partial charge in [-0.25, -0.2) is 8.42 Å². The van der Waals surface area contributed by atoms with Gasteiger partial charge >= 0.3 is 12.1 Å². The first-order chi connectivity index (χ1) is 10.5. The lowest BCUT2D eigenvalue weighted by Crippen LogP contribution is -2.38. The molecule has 1 amide bonds. The summed E-state index contributed by atoms with van der Waals surface area (Å²) in [7, 11) is -3.55. The fourth-order valence-corrected chi connectivity index (χ4v) is 3.09. The number of carbonyl (C=O) groups is 1. The van der Waals surface area contributed by atoms with Crippen molar-refractivity contribution in [1.29, 1.82) is 0 Å². The van der Waals surface area contributed by atoms with E-state index in [9.17, 15) is 30.9 Å². The zero-order valence-electron chi connectivity index (χ0n) is 12.4. The van der Waals surface area contributed by atoms with E-state index in [0.29, 0.717) is 10.5 Å². The number of halogens is 3. The van der Waals surface area contributed by atoms with Gasteiger partial charge in [-0.1, -0.05) is 36.8 Å². The van der Waals surface area contributed by atoms with Gasteiger partial charge in [-0.05, 0) is 18.4 Å². The van der Waals surface area contributed by atoms with Crippen LogP contribution in [0.15, 0.2) is 30.3 Å². The van der Waals surface area contributed by atoms with Crippen LogP contribution in [0.4, 0.5) is 13.2 Å². The topological polar surface area (TPSA) is 77.5 Å². The number of hydrogen-bond donors (Lipinski definition) is 0. The Hall–Kier alpha value is -1.61.